The number of azo groups is 1. The van der Waals surface area contributed by atoms with Crippen LogP contribution in [0.5, 0.6) is 0 Å². The Bertz CT molecular complexity index is 859. The molecule has 29 heavy (non-hydrogen) atoms. The molecule has 4 heteroatoms. The molecule has 2 aromatic carbocycles. The van der Waals surface area contributed by atoms with Gasteiger partial charge in [0.1, 0.15) is 0 Å². The van der Waals surface area contributed by atoms with Crippen molar-refractivity contribution in [3.8, 4) is 0 Å². The fourth-order valence-corrected chi connectivity index (χ4v) is 5.51. The molecule has 0 saturated carbocycles. The van der Waals surface area contributed by atoms with Crippen molar-refractivity contribution >= 4 is 17.1 Å². The quantitative estimate of drug-likeness (QED) is 0.615. The second-order valence-corrected chi connectivity index (χ2v) is 8.82. The number of fused-ring (bicyclic) bond motifs is 2. The molecule has 0 amide bonds. The topological polar surface area (TPSA) is 40.0 Å². The van der Waals surface area contributed by atoms with Gasteiger partial charge in [-0.1, -0.05) is 24.6 Å². The zero-order valence-electron chi connectivity index (χ0n) is 17.3. The summed E-state index contributed by atoms with van der Waals surface area (Å²) in [6, 6.07) is 15.8. The van der Waals surface area contributed by atoms with Crippen LogP contribution < -0.4 is 5.32 Å². The van der Waals surface area contributed by atoms with Crippen LogP contribution in [0.2, 0.25) is 0 Å². The Kier molecular flexibility index (Phi) is 5.62. The summed E-state index contributed by atoms with van der Waals surface area (Å²) in [5.41, 5.74) is 6.23. The summed E-state index contributed by atoms with van der Waals surface area (Å²) in [6.07, 6.45) is 11.5. The lowest BCUT2D eigenvalue weighted by atomic mass is 9.86. The van der Waals surface area contributed by atoms with Crippen molar-refractivity contribution < 1.29 is 0 Å². The molecule has 4 nitrogen and oxygen atoms in total. The van der Waals surface area contributed by atoms with Crippen LogP contribution >= 0.6 is 0 Å². The molecular formula is C25H32N4. The van der Waals surface area contributed by atoms with Crippen molar-refractivity contribution in [1.82, 2.24) is 4.90 Å². The molecule has 2 atom stereocenters. The maximum Gasteiger partial charge on any atom is 0.0893 e. The third kappa shape index (κ3) is 4.09. The summed E-state index contributed by atoms with van der Waals surface area (Å²) in [7, 11) is 0. The summed E-state index contributed by atoms with van der Waals surface area (Å²) in [6.45, 7) is 2.58. The Labute approximate surface area is 174 Å². The molecule has 2 fully saturated rings. The Morgan fingerprint density at radius 3 is 2.48 bits per heavy atom. The molecule has 0 radical (unpaired) electrons. The largest absolute Gasteiger partial charge is 0.381 e. The molecule has 0 aromatic heterocycles. The smallest absolute Gasteiger partial charge is 0.0893 e. The van der Waals surface area contributed by atoms with E-state index in [2.05, 4.69) is 32.6 Å². The third-order valence-corrected chi connectivity index (χ3v) is 6.97. The molecule has 1 aliphatic carbocycles. The Hall–Kier alpha value is -2.20. The van der Waals surface area contributed by atoms with Gasteiger partial charge < -0.3 is 5.32 Å². The van der Waals surface area contributed by atoms with Gasteiger partial charge in [-0.3, -0.25) is 4.90 Å². The third-order valence-electron chi connectivity index (χ3n) is 6.97. The minimum Gasteiger partial charge on any atom is -0.381 e. The van der Waals surface area contributed by atoms with E-state index in [4.69, 9.17) is 0 Å². The predicted octanol–water partition coefficient (Wildman–Crippen LogP) is 6.41. The number of anilines is 1. The van der Waals surface area contributed by atoms with Gasteiger partial charge in [0.25, 0.3) is 0 Å². The molecule has 0 unspecified atom stereocenters. The minimum absolute atomic E-state index is 0.590. The van der Waals surface area contributed by atoms with Gasteiger partial charge in [0.05, 0.1) is 11.4 Å². The van der Waals surface area contributed by atoms with E-state index in [1.807, 2.05) is 30.3 Å². The molecule has 3 aliphatic rings. The number of piperidine rings is 2. The van der Waals surface area contributed by atoms with Crippen LogP contribution in [0, 0.1) is 0 Å². The predicted molar refractivity (Wildman–Crippen MR) is 120 cm³/mol. The average molecular weight is 389 g/mol. The van der Waals surface area contributed by atoms with E-state index >= 15 is 0 Å². The molecule has 2 aliphatic heterocycles. The van der Waals surface area contributed by atoms with Crippen LogP contribution in [-0.2, 0) is 12.8 Å². The average Bonchev–Trinajstić information content (AvgIpc) is 2.79. The Morgan fingerprint density at radius 2 is 1.59 bits per heavy atom. The zero-order valence-corrected chi connectivity index (χ0v) is 17.3. The molecule has 0 spiro atoms. The molecule has 2 heterocycles. The highest BCUT2D eigenvalue weighted by atomic mass is 15.2. The molecular weight excluding hydrogens is 356 g/mol. The summed E-state index contributed by atoms with van der Waals surface area (Å²) in [5.74, 6) is 0. The minimum atomic E-state index is 0.590. The van der Waals surface area contributed by atoms with E-state index in [0.29, 0.717) is 12.1 Å². The Morgan fingerprint density at radius 1 is 0.759 bits per heavy atom. The second kappa shape index (κ2) is 8.66. The normalized spacial score (nSPS) is 24.8. The van der Waals surface area contributed by atoms with E-state index in [-0.39, 0.29) is 0 Å². The molecule has 152 valence electrons. The second-order valence-electron chi connectivity index (χ2n) is 8.82. The molecule has 5 rings (SSSR count). The van der Waals surface area contributed by atoms with Gasteiger partial charge in [0, 0.05) is 17.8 Å². The molecule has 2 saturated heterocycles. The standard InChI is InChI=1S/C25H32N4/c1-2-9-19(10-3-1)27-28-23-16-15-22(20-11-4-5-12-21(20)23)26-24-13-8-18-29-17-7-6-14-25(24)29/h1-3,9-10,15-16,24-26H,4-8,11-14,17-18H2/t24-,25-/m1/s1. The van der Waals surface area contributed by atoms with Crippen LogP contribution in [0.15, 0.2) is 52.7 Å². The van der Waals surface area contributed by atoms with Crippen LogP contribution in [0.4, 0.5) is 17.1 Å². The van der Waals surface area contributed by atoms with Crippen LogP contribution in [0.3, 0.4) is 0 Å². The molecule has 0 bridgehead atoms. The summed E-state index contributed by atoms with van der Waals surface area (Å²) >= 11 is 0. The van der Waals surface area contributed by atoms with Crippen LogP contribution in [0.1, 0.15) is 56.1 Å². The van der Waals surface area contributed by atoms with Gasteiger partial charge in [-0.25, -0.2) is 0 Å². The SMILES string of the molecule is c1ccc(N=Nc2ccc(N[C@@H]3CCCN4CCCC[C@H]34)c3c2CCCC3)cc1. The maximum atomic E-state index is 4.63. The number of hydrogen-bond donors (Lipinski definition) is 1. The monoisotopic (exact) mass is 388 g/mol. The molecule has 1 N–H and O–H groups in total. The van der Waals surface area contributed by atoms with Crippen molar-refractivity contribution in [3.63, 3.8) is 0 Å². The van der Waals surface area contributed by atoms with Gasteiger partial charge in [0.2, 0.25) is 0 Å². The lowest BCUT2D eigenvalue weighted by molar-refractivity contribution is 0.0977. The first-order valence-electron chi connectivity index (χ1n) is 11.5. The van der Waals surface area contributed by atoms with Gasteiger partial charge in [-0.05, 0) is 99.8 Å². The van der Waals surface area contributed by atoms with Crippen molar-refractivity contribution in [2.75, 3.05) is 18.4 Å². The highest BCUT2D eigenvalue weighted by Crippen LogP contribution is 2.37. The van der Waals surface area contributed by atoms with E-state index in [0.717, 1.165) is 24.2 Å². The summed E-state index contributed by atoms with van der Waals surface area (Å²) in [5, 5.41) is 13.1. The highest BCUT2D eigenvalue weighted by Gasteiger charge is 2.33. The van der Waals surface area contributed by atoms with Crippen molar-refractivity contribution in [1.29, 1.82) is 0 Å². The van der Waals surface area contributed by atoms with Gasteiger partial charge >= 0.3 is 0 Å². The first-order chi connectivity index (χ1) is 14.4. The van der Waals surface area contributed by atoms with Gasteiger partial charge in [0.15, 0.2) is 0 Å². The first-order valence-corrected chi connectivity index (χ1v) is 11.5. The Balaban J connectivity index is 1.40. The number of nitrogens with zero attached hydrogens (tertiary/aromatic N) is 3. The maximum absolute atomic E-state index is 4.63. The van der Waals surface area contributed by atoms with Gasteiger partial charge in [-0.15, -0.1) is 0 Å². The van der Waals surface area contributed by atoms with E-state index in [9.17, 15) is 0 Å². The first kappa shape index (κ1) is 18.8. The summed E-state index contributed by atoms with van der Waals surface area (Å²) in [4.78, 5) is 2.74. The van der Waals surface area contributed by atoms with Crippen LogP contribution in [-0.4, -0.2) is 30.1 Å². The van der Waals surface area contributed by atoms with Crippen molar-refractivity contribution in [3.05, 3.63) is 53.6 Å². The lowest BCUT2D eigenvalue weighted by Gasteiger charge is -2.45. The van der Waals surface area contributed by atoms with E-state index in [1.54, 1.807) is 0 Å². The number of rotatable bonds is 4. The number of hydrogen-bond acceptors (Lipinski definition) is 4. The number of nitrogens with one attached hydrogen (secondary N) is 1. The highest BCUT2D eigenvalue weighted by molar-refractivity contribution is 5.65. The fraction of sp³-hybridized carbons (Fsp3) is 0.520. The lowest BCUT2D eigenvalue weighted by Crippen LogP contribution is -2.53. The van der Waals surface area contributed by atoms with Crippen molar-refractivity contribution in [2.45, 2.75) is 69.9 Å². The zero-order chi connectivity index (χ0) is 19.5. The van der Waals surface area contributed by atoms with E-state index in [1.165, 1.54) is 74.8 Å². The van der Waals surface area contributed by atoms with Gasteiger partial charge in [-0.2, -0.15) is 10.2 Å². The van der Waals surface area contributed by atoms with Crippen LogP contribution in [0.25, 0.3) is 0 Å². The molecule has 2 aromatic rings. The number of benzene rings is 2. The van der Waals surface area contributed by atoms with E-state index < -0.39 is 0 Å². The van der Waals surface area contributed by atoms with Crippen molar-refractivity contribution in [2.24, 2.45) is 10.2 Å². The summed E-state index contributed by atoms with van der Waals surface area (Å²) < 4.78 is 0. The fourth-order valence-electron chi connectivity index (χ4n) is 5.51.